The molecule has 3 aromatic rings. The van der Waals surface area contributed by atoms with E-state index in [-0.39, 0.29) is 0 Å². The van der Waals surface area contributed by atoms with Gasteiger partial charge in [-0.2, -0.15) is 5.26 Å². The lowest BCUT2D eigenvalue weighted by molar-refractivity contribution is 1.24. The molecule has 0 amide bonds. The minimum Gasteiger partial charge on any atom is -0.255 e. The van der Waals surface area contributed by atoms with Gasteiger partial charge in [-0.3, -0.25) is 9.97 Å². The van der Waals surface area contributed by atoms with Crippen LogP contribution in [0.1, 0.15) is 5.56 Å². The zero-order valence-corrected chi connectivity index (χ0v) is 11.4. The smallest absolute Gasteiger partial charge is 0.0886 e. The highest BCUT2D eigenvalue weighted by Crippen LogP contribution is 2.22. The van der Waals surface area contributed by atoms with Gasteiger partial charge in [0.15, 0.2) is 0 Å². The first-order valence-electron chi connectivity index (χ1n) is 6.70. The summed E-state index contributed by atoms with van der Waals surface area (Å²) in [6.45, 7) is 0. The van der Waals surface area contributed by atoms with Crippen molar-refractivity contribution in [1.29, 1.82) is 5.26 Å². The molecule has 0 saturated heterocycles. The van der Waals surface area contributed by atoms with Crippen LogP contribution in [0.2, 0.25) is 0 Å². The molecule has 100 valence electrons. The van der Waals surface area contributed by atoms with E-state index >= 15 is 0 Å². The Kier molecular flexibility index (Phi) is 3.70. The van der Waals surface area contributed by atoms with Crippen molar-refractivity contribution in [3.05, 3.63) is 72.6 Å². The molecule has 0 atom stereocenters. The summed E-state index contributed by atoms with van der Waals surface area (Å²) in [6, 6.07) is 19.9. The molecule has 0 aliphatic rings. The van der Waals surface area contributed by atoms with Gasteiger partial charge in [-0.25, -0.2) is 0 Å². The van der Waals surface area contributed by atoms with Crippen LogP contribution in [0, 0.1) is 11.3 Å². The summed E-state index contributed by atoms with van der Waals surface area (Å²) >= 11 is 0. The first-order valence-corrected chi connectivity index (χ1v) is 6.70. The second-order valence-corrected chi connectivity index (χ2v) is 4.68. The lowest BCUT2D eigenvalue weighted by atomic mass is 10.0. The largest absolute Gasteiger partial charge is 0.255 e. The van der Waals surface area contributed by atoms with Gasteiger partial charge in [0, 0.05) is 18.0 Å². The minimum atomic E-state index is 0.442. The lowest BCUT2D eigenvalue weighted by Crippen LogP contribution is -1.88. The van der Waals surface area contributed by atoms with Gasteiger partial charge in [-0.05, 0) is 29.3 Å². The summed E-state index contributed by atoms with van der Waals surface area (Å²) in [5.74, 6) is 0. The fraction of sp³-hybridized carbons (Fsp3) is 0.0556. The van der Waals surface area contributed by atoms with Crippen LogP contribution in [-0.4, -0.2) is 9.97 Å². The first-order chi connectivity index (χ1) is 10.4. The molecular weight excluding hydrogens is 258 g/mol. The van der Waals surface area contributed by atoms with Crippen LogP contribution in [0.5, 0.6) is 0 Å². The Bertz CT molecular complexity index is 754. The lowest BCUT2D eigenvalue weighted by Gasteiger charge is -2.04. The number of hydrogen-bond donors (Lipinski definition) is 0. The van der Waals surface area contributed by atoms with E-state index in [1.165, 1.54) is 0 Å². The molecule has 0 aliphatic heterocycles. The van der Waals surface area contributed by atoms with E-state index in [4.69, 9.17) is 5.26 Å². The number of rotatable bonds is 3. The number of nitrogens with zero attached hydrogens (tertiary/aromatic N) is 3. The Morgan fingerprint density at radius 1 is 0.810 bits per heavy atom. The Morgan fingerprint density at radius 2 is 1.57 bits per heavy atom. The van der Waals surface area contributed by atoms with Crippen molar-refractivity contribution in [1.82, 2.24) is 9.97 Å². The van der Waals surface area contributed by atoms with Gasteiger partial charge in [-0.15, -0.1) is 0 Å². The van der Waals surface area contributed by atoms with Gasteiger partial charge < -0.3 is 0 Å². The minimum absolute atomic E-state index is 0.442. The Balaban J connectivity index is 1.86. The molecule has 0 saturated carbocycles. The molecule has 3 rings (SSSR count). The Morgan fingerprint density at radius 3 is 2.19 bits per heavy atom. The predicted octanol–water partition coefficient (Wildman–Crippen LogP) is 3.88. The molecule has 0 spiro atoms. The molecule has 1 aromatic carbocycles. The van der Waals surface area contributed by atoms with Crippen molar-refractivity contribution in [2.75, 3.05) is 0 Å². The maximum Gasteiger partial charge on any atom is 0.0886 e. The van der Waals surface area contributed by atoms with Gasteiger partial charge in [0.2, 0.25) is 0 Å². The van der Waals surface area contributed by atoms with Crippen molar-refractivity contribution in [3.8, 4) is 28.6 Å². The molecule has 0 unspecified atom stereocenters. The number of aromatic nitrogens is 2. The number of nitriles is 1. The van der Waals surface area contributed by atoms with E-state index < -0.39 is 0 Å². The first kappa shape index (κ1) is 13.0. The van der Waals surface area contributed by atoms with E-state index in [0.29, 0.717) is 6.42 Å². The molecule has 3 heteroatoms. The molecular formula is C18H13N3. The maximum absolute atomic E-state index is 8.68. The second kappa shape index (κ2) is 5.98. The van der Waals surface area contributed by atoms with Gasteiger partial charge in [0.25, 0.3) is 0 Å². The Hall–Kier alpha value is -2.99. The zero-order valence-electron chi connectivity index (χ0n) is 11.4. The third-order valence-corrected chi connectivity index (χ3v) is 3.26. The summed E-state index contributed by atoms with van der Waals surface area (Å²) in [6.07, 6.45) is 4.05. The average Bonchev–Trinajstić information content (AvgIpc) is 2.57. The summed E-state index contributed by atoms with van der Waals surface area (Å²) < 4.78 is 0. The molecule has 0 N–H and O–H groups in total. The molecule has 0 radical (unpaired) electrons. The van der Waals surface area contributed by atoms with Gasteiger partial charge >= 0.3 is 0 Å². The van der Waals surface area contributed by atoms with Crippen LogP contribution in [0.4, 0.5) is 0 Å². The van der Waals surface area contributed by atoms with Crippen LogP contribution >= 0.6 is 0 Å². The summed E-state index contributed by atoms with van der Waals surface area (Å²) in [4.78, 5) is 8.76. The molecule has 0 bridgehead atoms. The van der Waals surface area contributed by atoms with Crippen molar-refractivity contribution in [2.45, 2.75) is 6.42 Å². The van der Waals surface area contributed by atoms with Crippen LogP contribution in [0.25, 0.3) is 22.5 Å². The van der Waals surface area contributed by atoms with E-state index in [1.54, 1.807) is 6.20 Å². The predicted molar refractivity (Wildman–Crippen MR) is 82.2 cm³/mol. The van der Waals surface area contributed by atoms with Gasteiger partial charge in [-0.1, -0.05) is 36.4 Å². The highest BCUT2D eigenvalue weighted by molar-refractivity contribution is 5.65. The van der Waals surface area contributed by atoms with E-state index in [2.05, 4.69) is 16.0 Å². The SMILES string of the molecule is N#CCc1ccc(-c2ccc(-c3ccccn3)nc2)cc1. The van der Waals surface area contributed by atoms with E-state index in [0.717, 1.165) is 28.1 Å². The van der Waals surface area contributed by atoms with Crippen LogP contribution in [-0.2, 0) is 6.42 Å². The van der Waals surface area contributed by atoms with Crippen molar-refractivity contribution in [3.63, 3.8) is 0 Å². The number of benzene rings is 1. The van der Waals surface area contributed by atoms with E-state index in [1.807, 2.05) is 60.8 Å². The topological polar surface area (TPSA) is 49.6 Å². The number of pyridine rings is 2. The molecule has 2 heterocycles. The average molecular weight is 271 g/mol. The summed E-state index contributed by atoms with van der Waals surface area (Å²) in [7, 11) is 0. The van der Waals surface area contributed by atoms with Crippen molar-refractivity contribution >= 4 is 0 Å². The molecule has 0 aliphatic carbocycles. The fourth-order valence-corrected chi connectivity index (χ4v) is 2.14. The van der Waals surface area contributed by atoms with Crippen LogP contribution < -0.4 is 0 Å². The second-order valence-electron chi connectivity index (χ2n) is 4.68. The highest BCUT2D eigenvalue weighted by atomic mass is 14.8. The summed E-state index contributed by atoms with van der Waals surface area (Å²) in [5, 5.41) is 8.68. The molecule has 21 heavy (non-hydrogen) atoms. The number of hydrogen-bond acceptors (Lipinski definition) is 3. The van der Waals surface area contributed by atoms with E-state index in [9.17, 15) is 0 Å². The Labute approximate surface area is 123 Å². The molecule has 2 aromatic heterocycles. The molecule has 0 fully saturated rings. The highest BCUT2D eigenvalue weighted by Gasteiger charge is 2.02. The quantitative estimate of drug-likeness (QED) is 0.726. The summed E-state index contributed by atoms with van der Waals surface area (Å²) in [5.41, 5.74) is 4.91. The van der Waals surface area contributed by atoms with Crippen molar-refractivity contribution in [2.24, 2.45) is 0 Å². The maximum atomic E-state index is 8.68. The third-order valence-electron chi connectivity index (χ3n) is 3.26. The normalized spacial score (nSPS) is 10.0. The monoisotopic (exact) mass is 271 g/mol. The standard InChI is InChI=1S/C18H13N3/c19-11-10-14-4-6-15(7-5-14)16-8-9-18(21-13-16)17-3-1-2-12-20-17/h1-9,12-13H,10H2. The zero-order chi connectivity index (χ0) is 14.5. The van der Waals surface area contributed by atoms with Crippen LogP contribution in [0.15, 0.2) is 67.0 Å². The van der Waals surface area contributed by atoms with Gasteiger partial charge in [0.1, 0.15) is 0 Å². The van der Waals surface area contributed by atoms with Gasteiger partial charge in [0.05, 0.1) is 23.9 Å². The third kappa shape index (κ3) is 2.96. The van der Waals surface area contributed by atoms with Crippen molar-refractivity contribution < 1.29 is 0 Å². The van der Waals surface area contributed by atoms with Crippen LogP contribution in [0.3, 0.4) is 0 Å². The molecule has 3 nitrogen and oxygen atoms in total. The fourth-order valence-electron chi connectivity index (χ4n) is 2.14.